The molecule has 1 amide bonds. The molecule has 5 rings (SSSR count). The molecule has 0 unspecified atom stereocenters. The molecule has 2 saturated heterocycles. The molecule has 182 valence electrons. The minimum atomic E-state index is -1.94. The van der Waals surface area contributed by atoms with Crippen molar-refractivity contribution in [3.63, 3.8) is 0 Å². The van der Waals surface area contributed by atoms with Gasteiger partial charge in [0.15, 0.2) is 16.1 Å². The zero-order valence-corrected chi connectivity index (χ0v) is 21.1. The van der Waals surface area contributed by atoms with E-state index in [2.05, 4.69) is 16.5 Å². The summed E-state index contributed by atoms with van der Waals surface area (Å²) in [4.78, 5) is 29.6. The maximum atomic E-state index is 16.4. The first-order valence-electron chi connectivity index (χ1n) is 11.3. The number of hydrogen-bond donors (Lipinski definition) is 0. The third-order valence-corrected chi connectivity index (χ3v) is 7.45. The van der Waals surface area contributed by atoms with Crippen molar-refractivity contribution in [1.82, 2.24) is 19.9 Å². The highest BCUT2D eigenvalue weighted by molar-refractivity contribution is 7.99. The Morgan fingerprint density at radius 2 is 2.06 bits per heavy atom. The Kier molecular flexibility index (Phi) is 5.48. The van der Waals surface area contributed by atoms with E-state index < -0.39 is 29.3 Å². The number of fused-ring (bicyclic) bond motifs is 5. The van der Waals surface area contributed by atoms with E-state index in [0.717, 1.165) is 0 Å². The van der Waals surface area contributed by atoms with Gasteiger partial charge in [0.25, 0.3) is 0 Å². The van der Waals surface area contributed by atoms with Crippen molar-refractivity contribution in [1.29, 1.82) is 0 Å². The number of carbonyl (C=O) groups excluding carboxylic acids is 1. The SMILES string of the molecule is C=C1C[C@@H]2[C@@H]3CC[C@](F)(CN2c2nc(SCC)nc4c(F)c(Cl)nc1c24)N3C(=O)OC(C)(C)C. The van der Waals surface area contributed by atoms with E-state index >= 15 is 8.78 Å². The number of rotatable bonds is 2. The van der Waals surface area contributed by atoms with E-state index in [1.807, 2.05) is 11.8 Å². The largest absolute Gasteiger partial charge is 0.444 e. The lowest BCUT2D eigenvalue weighted by atomic mass is 9.95. The van der Waals surface area contributed by atoms with Crippen LogP contribution in [0.3, 0.4) is 0 Å². The molecule has 0 radical (unpaired) electrons. The molecular weight excluding hydrogens is 484 g/mol. The van der Waals surface area contributed by atoms with Gasteiger partial charge in [0.2, 0.25) is 5.79 Å². The number of carbonyl (C=O) groups is 1. The van der Waals surface area contributed by atoms with Crippen molar-refractivity contribution in [2.75, 3.05) is 17.2 Å². The van der Waals surface area contributed by atoms with E-state index in [4.69, 9.17) is 21.3 Å². The summed E-state index contributed by atoms with van der Waals surface area (Å²) >= 11 is 7.48. The van der Waals surface area contributed by atoms with E-state index in [9.17, 15) is 4.79 Å². The van der Waals surface area contributed by atoms with Crippen molar-refractivity contribution in [3.05, 3.63) is 23.2 Å². The molecule has 11 heteroatoms. The van der Waals surface area contributed by atoms with E-state index in [-0.39, 0.29) is 29.7 Å². The molecule has 0 aromatic carbocycles. The van der Waals surface area contributed by atoms with Crippen molar-refractivity contribution < 1.29 is 18.3 Å². The highest BCUT2D eigenvalue weighted by Crippen LogP contribution is 2.50. The fraction of sp³-hybridized carbons (Fsp3) is 0.565. The number of amides is 1. The van der Waals surface area contributed by atoms with Crippen molar-refractivity contribution in [3.8, 4) is 0 Å². The Hall–Kier alpha value is -2.20. The van der Waals surface area contributed by atoms with Crippen LogP contribution < -0.4 is 4.90 Å². The van der Waals surface area contributed by atoms with Crippen LogP contribution in [0.4, 0.5) is 19.4 Å². The molecule has 3 atom stereocenters. The van der Waals surface area contributed by atoms with Crippen LogP contribution in [0.1, 0.15) is 52.7 Å². The van der Waals surface area contributed by atoms with Crippen LogP contribution in [0, 0.1) is 5.82 Å². The van der Waals surface area contributed by atoms with Gasteiger partial charge >= 0.3 is 6.09 Å². The third kappa shape index (κ3) is 3.61. The van der Waals surface area contributed by atoms with Gasteiger partial charge in [0, 0.05) is 6.42 Å². The number of aromatic nitrogens is 3. The minimum Gasteiger partial charge on any atom is -0.444 e. The molecule has 0 saturated carbocycles. The predicted octanol–water partition coefficient (Wildman–Crippen LogP) is 5.60. The summed E-state index contributed by atoms with van der Waals surface area (Å²) < 4.78 is 37.1. The van der Waals surface area contributed by atoms with E-state index in [1.165, 1.54) is 16.7 Å². The predicted molar refractivity (Wildman–Crippen MR) is 128 cm³/mol. The molecule has 34 heavy (non-hydrogen) atoms. The number of halogens is 3. The van der Waals surface area contributed by atoms with Crippen LogP contribution in [-0.4, -0.2) is 61.7 Å². The van der Waals surface area contributed by atoms with Crippen LogP contribution in [0.5, 0.6) is 0 Å². The Morgan fingerprint density at radius 3 is 2.74 bits per heavy atom. The Balaban J connectivity index is 1.68. The van der Waals surface area contributed by atoms with E-state index in [0.29, 0.717) is 46.2 Å². The first kappa shape index (κ1) is 23.5. The second-order valence-corrected chi connectivity index (χ2v) is 11.5. The van der Waals surface area contributed by atoms with Gasteiger partial charge in [-0.3, -0.25) is 4.90 Å². The normalized spacial score (nSPS) is 26.0. The minimum absolute atomic E-state index is 0.0487. The number of thioether (sulfide) groups is 1. The summed E-state index contributed by atoms with van der Waals surface area (Å²) in [7, 11) is 0. The quantitative estimate of drug-likeness (QED) is 0.226. The molecule has 3 aliphatic heterocycles. The Bertz CT molecular complexity index is 1220. The molecule has 2 fully saturated rings. The molecular formula is C23H26ClF2N5O2S. The van der Waals surface area contributed by atoms with Crippen molar-refractivity contribution in [2.45, 2.75) is 75.6 Å². The lowest BCUT2D eigenvalue weighted by Gasteiger charge is -2.49. The van der Waals surface area contributed by atoms with Gasteiger partial charge in [-0.25, -0.2) is 28.5 Å². The van der Waals surface area contributed by atoms with Gasteiger partial charge in [-0.15, -0.1) is 0 Å². The number of ether oxygens (including phenoxy) is 1. The first-order valence-corrected chi connectivity index (χ1v) is 12.7. The highest BCUT2D eigenvalue weighted by atomic mass is 35.5. The number of pyridine rings is 1. The van der Waals surface area contributed by atoms with Gasteiger partial charge in [-0.2, -0.15) is 0 Å². The molecule has 2 aromatic heterocycles. The fourth-order valence-corrected chi connectivity index (χ4v) is 5.96. The zero-order valence-electron chi connectivity index (χ0n) is 19.5. The maximum Gasteiger partial charge on any atom is 0.413 e. The molecule has 0 aliphatic carbocycles. The number of alkyl halides is 1. The molecule has 0 spiro atoms. The van der Waals surface area contributed by atoms with Crippen LogP contribution in [0.25, 0.3) is 16.5 Å². The van der Waals surface area contributed by atoms with Crippen LogP contribution in [0.2, 0.25) is 5.15 Å². The average Bonchev–Trinajstić information content (AvgIpc) is 2.95. The van der Waals surface area contributed by atoms with Gasteiger partial charge in [0.1, 0.15) is 16.9 Å². The monoisotopic (exact) mass is 509 g/mol. The van der Waals surface area contributed by atoms with E-state index in [1.54, 1.807) is 20.8 Å². The summed E-state index contributed by atoms with van der Waals surface area (Å²) in [6.45, 7) is 11.3. The maximum absolute atomic E-state index is 16.4. The Labute approximate surface area is 205 Å². The molecule has 2 aromatic rings. The average molecular weight is 510 g/mol. The van der Waals surface area contributed by atoms with Crippen molar-refractivity contribution in [2.24, 2.45) is 0 Å². The van der Waals surface area contributed by atoms with Crippen LogP contribution in [0.15, 0.2) is 11.7 Å². The molecule has 5 heterocycles. The summed E-state index contributed by atoms with van der Waals surface area (Å²) in [5, 5.41) is 0.460. The number of anilines is 1. The second kappa shape index (κ2) is 7.91. The summed E-state index contributed by atoms with van der Waals surface area (Å²) in [6.07, 6.45) is 0.359. The highest BCUT2D eigenvalue weighted by Gasteiger charge is 2.60. The van der Waals surface area contributed by atoms with Crippen molar-refractivity contribution >= 4 is 51.7 Å². The molecule has 3 aliphatic rings. The summed E-state index contributed by atoms with van der Waals surface area (Å²) in [5.41, 5.74) is 0.318. The second-order valence-electron chi connectivity index (χ2n) is 9.93. The summed E-state index contributed by atoms with van der Waals surface area (Å²) in [6, 6.07) is -0.799. The van der Waals surface area contributed by atoms with Gasteiger partial charge in [0.05, 0.1) is 29.7 Å². The number of nitrogens with zero attached hydrogens (tertiary/aromatic N) is 5. The lowest BCUT2D eigenvalue weighted by Crippen LogP contribution is -2.66. The van der Waals surface area contributed by atoms with Gasteiger partial charge < -0.3 is 9.64 Å². The smallest absolute Gasteiger partial charge is 0.413 e. The molecule has 7 nitrogen and oxygen atoms in total. The standard InChI is InChI=1S/C23H26ClF2N5O2S/c1-6-34-20-28-17-14-16(27-18(24)15(17)25)11(2)9-13-12-7-8-23(26,10-30(13)19(14)29-20)31(12)21(32)33-22(3,4)5/h12-13H,2,6-10H2,1,3-5H3/t12-,13+,23+/m0/s1. The first-order chi connectivity index (χ1) is 15.9. The third-order valence-electron chi connectivity index (χ3n) is 6.47. The molecule has 2 bridgehead atoms. The summed E-state index contributed by atoms with van der Waals surface area (Å²) in [5.74, 6) is -1.60. The fourth-order valence-electron chi connectivity index (χ4n) is 5.22. The van der Waals surface area contributed by atoms with Gasteiger partial charge in [-0.1, -0.05) is 36.9 Å². The van der Waals surface area contributed by atoms with Crippen LogP contribution in [-0.2, 0) is 4.74 Å². The lowest BCUT2D eigenvalue weighted by molar-refractivity contribution is -0.0573. The van der Waals surface area contributed by atoms with Crippen LogP contribution >= 0.6 is 23.4 Å². The topological polar surface area (TPSA) is 71.5 Å². The van der Waals surface area contributed by atoms with Gasteiger partial charge in [-0.05, 0) is 44.9 Å². The molecule has 0 N–H and O–H groups in total. The number of piperazine rings is 1. The zero-order chi connectivity index (χ0) is 24.6. The number of hydrogen-bond acceptors (Lipinski definition) is 7. The Morgan fingerprint density at radius 1 is 1.32 bits per heavy atom.